The van der Waals surface area contributed by atoms with Crippen LogP contribution < -0.4 is 10.5 Å². The van der Waals surface area contributed by atoms with E-state index >= 15 is 0 Å². The lowest BCUT2D eigenvalue weighted by atomic mass is 9.74. The number of nitriles is 1. The highest BCUT2D eigenvalue weighted by Crippen LogP contribution is 2.62. The van der Waals surface area contributed by atoms with Crippen molar-refractivity contribution in [1.82, 2.24) is 19.5 Å². The Hall–Kier alpha value is -3.03. The average molecular weight is 503 g/mol. The van der Waals surface area contributed by atoms with Crippen LogP contribution >= 0.6 is 11.6 Å². The van der Waals surface area contributed by atoms with Crippen LogP contribution in [0.1, 0.15) is 24.8 Å². The van der Waals surface area contributed by atoms with Crippen LogP contribution in [0.2, 0.25) is 5.02 Å². The molecule has 3 aliphatic carbocycles. The summed E-state index contributed by atoms with van der Waals surface area (Å²) in [6, 6.07) is 9.03. The van der Waals surface area contributed by atoms with Gasteiger partial charge in [0.1, 0.15) is 11.6 Å². The quantitative estimate of drug-likeness (QED) is 0.584. The summed E-state index contributed by atoms with van der Waals surface area (Å²) in [5.74, 6) is -1.03. The second-order valence-corrected chi connectivity index (χ2v) is 10.2. The molecule has 7 nitrogen and oxygen atoms in total. The van der Waals surface area contributed by atoms with Crippen LogP contribution in [0.25, 0.3) is 16.8 Å². The SMILES string of the molecule is N#Cc1c(N2CCN(C34CC(C3)C(C(F)(F)F)C4)CC2)nn2c(=O)c(-c3ccc(Cl)cc3)c[nH]c12. The Balaban J connectivity index is 1.25. The van der Waals surface area contributed by atoms with Gasteiger partial charge in [-0.05, 0) is 42.9 Å². The third kappa shape index (κ3) is 3.44. The maximum absolute atomic E-state index is 13.3. The molecule has 0 spiro atoms. The maximum Gasteiger partial charge on any atom is 0.392 e. The van der Waals surface area contributed by atoms with E-state index in [1.165, 1.54) is 4.52 Å². The molecule has 2 aromatic heterocycles. The van der Waals surface area contributed by atoms with Crippen molar-refractivity contribution in [3.63, 3.8) is 0 Å². The van der Waals surface area contributed by atoms with Gasteiger partial charge >= 0.3 is 6.18 Å². The van der Waals surface area contributed by atoms with Crippen LogP contribution in [0.3, 0.4) is 0 Å². The van der Waals surface area contributed by atoms with Gasteiger partial charge in [-0.3, -0.25) is 9.69 Å². The van der Waals surface area contributed by atoms with Gasteiger partial charge in [-0.25, -0.2) is 0 Å². The molecule has 1 saturated heterocycles. The zero-order valence-electron chi connectivity index (χ0n) is 18.6. The van der Waals surface area contributed by atoms with Crippen molar-refractivity contribution in [2.24, 2.45) is 11.8 Å². The first-order valence-corrected chi connectivity index (χ1v) is 12.0. The average Bonchev–Trinajstić information content (AvgIpc) is 3.50. The molecule has 3 heterocycles. The number of alkyl halides is 3. The molecule has 1 N–H and O–H groups in total. The van der Waals surface area contributed by atoms with Gasteiger partial charge in [0.25, 0.3) is 5.56 Å². The fraction of sp³-hybridized carbons (Fsp3) is 0.458. The molecular weight excluding hydrogens is 481 g/mol. The molecule has 11 heteroatoms. The summed E-state index contributed by atoms with van der Waals surface area (Å²) in [6.07, 6.45) is -1.16. The number of hydrogen-bond acceptors (Lipinski definition) is 5. The molecule has 7 rings (SSSR count). The second-order valence-electron chi connectivity index (χ2n) is 9.80. The number of fused-ring (bicyclic) bond motifs is 2. The number of rotatable bonds is 3. The Kier molecular flexibility index (Phi) is 4.96. The zero-order chi connectivity index (χ0) is 24.5. The summed E-state index contributed by atoms with van der Waals surface area (Å²) >= 11 is 5.95. The number of H-pyrrole nitrogens is 1. The predicted octanol–water partition coefficient (Wildman–Crippen LogP) is 4.07. The fourth-order valence-electron chi connectivity index (χ4n) is 6.27. The summed E-state index contributed by atoms with van der Waals surface area (Å²) < 4.78 is 41.2. The summed E-state index contributed by atoms with van der Waals surface area (Å²) in [5, 5.41) is 14.9. The van der Waals surface area contributed by atoms with Crippen LogP contribution in [0.4, 0.5) is 19.0 Å². The highest BCUT2D eigenvalue weighted by Gasteiger charge is 2.65. The van der Waals surface area contributed by atoms with Gasteiger partial charge in [-0.1, -0.05) is 23.7 Å². The standard InChI is InChI=1S/C24H22ClF3N6O/c25-16-3-1-14(2-4-16)18-13-30-20-17(12-29)21(31-34(20)22(18)35)32-5-7-33(8-6-32)23-9-15(10-23)19(11-23)24(26,27)28/h1-4,13,15,19,30H,5-11H2. The summed E-state index contributed by atoms with van der Waals surface area (Å²) in [6.45, 7) is 2.25. The first kappa shape index (κ1) is 22.4. The minimum atomic E-state index is -4.12. The molecule has 1 aliphatic heterocycles. The smallest absolute Gasteiger partial charge is 0.351 e. The zero-order valence-corrected chi connectivity index (χ0v) is 19.4. The molecule has 35 heavy (non-hydrogen) atoms. The molecular formula is C24H22ClF3N6O. The van der Waals surface area contributed by atoms with E-state index in [4.69, 9.17) is 11.6 Å². The largest absolute Gasteiger partial charge is 0.392 e. The van der Waals surface area contributed by atoms with Gasteiger partial charge in [0, 0.05) is 42.9 Å². The van der Waals surface area contributed by atoms with Crippen LogP contribution in [-0.4, -0.2) is 57.4 Å². The topological polar surface area (TPSA) is 80.4 Å². The number of anilines is 1. The Morgan fingerprint density at radius 2 is 1.80 bits per heavy atom. The Morgan fingerprint density at radius 3 is 2.40 bits per heavy atom. The van der Waals surface area contributed by atoms with Gasteiger partial charge in [-0.2, -0.15) is 22.9 Å². The van der Waals surface area contributed by atoms with Crippen molar-refractivity contribution in [3.8, 4) is 17.2 Å². The normalized spacial score (nSPS) is 26.7. The summed E-state index contributed by atoms with van der Waals surface area (Å²) in [7, 11) is 0. The molecule has 182 valence electrons. The van der Waals surface area contributed by atoms with Gasteiger partial charge < -0.3 is 9.88 Å². The lowest BCUT2D eigenvalue weighted by molar-refractivity contribution is -0.180. The number of halogens is 4. The predicted molar refractivity (Wildman–Crippen MR) is 124 cm³/mol. The van der Waals surface area contributed by atoms with Crippen molar-refractivity contribution in [1.29, 1.82) is 5.26 Å². The van der Waals surface area contributed by atoms with Crippen LogP contribution in [0.5, 0.6) is 0 Å². The van der Waals surface area contributed by atoms with Gasteiger partial charge in [0.2, 0.25) is 0 Å². The van der Waals surface area contributed by atoms with E-state index in [0.717, 1.165) is 0 Å². The highest BCUT2D eigenvalue weighted by molar-refractivity contribution is 6.30. The third-order valence-electron chi connectivity index (χ3n) is 8.03. The Morgan fingerprint density at radius 1 is 1.11 bits per heavy atom. The Labute approximate surface area is 203 Å². The minimum Gasteiger partial charge on any atom is -0.351 e. The molecule has 1 unspecified atom stereocenters. The summed E-state index contributed by atoms with van der Waals surface area (Å²) in [5.41, 5.74) is 0.961. The minimum absolute atomic E-state index is 0.182. The van der Waals surface area contributed by atoms with Crippen molar-refractivity contribution >= 4 is 23.1 Å². The maximum atomic E-state index is 13.3. The highest BCUT2D eigenvalue weighted by atomic mass is 35.5. The third-order valence-corrected chi connectivity index (χ3v) is 8.29. The second kappa shape index (κ2) is 7.73. The molecule has 3 aromatic rings. The number of nitrogens with zero attached hydrogens (tertiary/aromatic N) is 5. The molecule has 3 saturated carbocycles. The van der Waals surface area contributed by atoms with E-state index < -0.39 is 12.1 Å². The lowest BCUT2D eigenvalue weighted by Crippen LogP contribution is -2.59. The molecule has 0 radical (unpaired) electrons. The number of hydrogen-bond donors (Lipinski definition) is 1. The van der Waals surface area contributed by atoms with Crippen molar-refractivity contribution in [2.75, 3.05) is 31.1 Å². The van der Waals surface area contributed by atoms with Crippen LogP contribution in [-0.2, 0) is 0 Å². The van der Waals surface area contributed by atoms with E-state index in [2.05, 4.69) is 21.1 Å². The van der Waals surface area contributed by atoms with Gasteiger partial charge in [0.15, 0.2) is 11.5 Å². The number of aromatic nitrogens is 3. The van der Waals surface area contributed by atoms with E-state index in [0.29, 0.717) is 66.6 Å². The van der Waals surface area contributed by atoms with E-state index in [-0.39, 0.29) is 29.0 Å². The van der Waals surface area contributed by atoms with E-state index in [1.54, 1.807) is 30.5 Å². The summed E-state index contributed by atoms with van der Waals surface area (Å²) in [4.78, 5) is 20.4. The molecule has 0 amide bonds. The van der Waals surface area contributed by atoms with Crippen molar-refractivity contribution in [2.45, 2.75) is 31.0 Å². The first-order valence-electron chi connectivity index (χ1n) is 11.6. The molecule has 1 aromatic carbocycles. The van der Waals surface area contributed by atoms with Crippen molar-refractivity contribution < 1.29 is 13.2 Å². The van der Waals surface area contributed by atoms with E-state index in [1.807, 2.05) is 4.90 Å². The monoisotopic (exact) mass is 502 g/mol. The van der Waals surface area contributed by atoms with Crippen LogP contribution in [0.15, 0.2) is 35.3 Å². The lowest BCUT2D eigenvalue weighted by Gasteiger charge is -2.51. The van der Waals surface area contributed by atoms with E-state index in [9.17, 15) is 23.2 Å². The first-order chi connectivity index (χ1) is 16.7. The molecule has 1 atom stereocenters. The van der Waals surface area contributed by atoms with Crippen LogP contribution in [0, 0.1) is 23.2 Å². The number of nitrogens with one attached hydrogen (secondary N) is 1. The van der Waals surface area contributed by atoms with Crippen molar-refractivity contribution in [3.05, 3.63) is 51.4 Å². The molecule has 4 aliphatic rings. The molecule has 2 bridgehead atoms. The fourth-order valence-corrected chi connectivity index (χ4v) is 6.40. The molecule has 4 fully saturated rings. The number of aromatic amines is 1. The van der Waals surface area contributed by atoms with Gasteiger partial charge in [0.05, 0.1) is 11.5 Å². The Bertz CT molecular complexity index is 1390. The van der Waals surface area contributed by atoms with Gasteiger partial charge in [-0.15, -0.1) is 5.10 Å². The number of piperazine rings is 1. The number of benzene rings is 1.